The van der Waals surface area contributed by atoms with Crippen molar-refractivity contribution in [1.29, 1.82) is 0 Å². The number of carboxylic acid groups (broad SMARTS) is 1. The summed E-state index contributed by atoms with van der Waals surface area (Å²) in [5.41, 5.74) is 0.486. The van der Waals surface area contributed by atoms with E-state index in [0.717, 1.165) is 13.3 Å². The maximum Gasteiger partial charge on any atom is 0.328 e. The number of nitrogens with one attached hydrogen (secondary N) is 6. The minimum Gasteiger partial charge on any atom is -0.480 e. The molecule has 1 fully saturated rings. The molecule has 0 unspecified atom stereocenters. The molecule has 0 aliphatic carbocycles. The van der Waals surface area contributed by atoms with Gasteiger partial charge in [0.1, 0.15) is 18.1 Å². The summed E-state index contributed by atoms with van der Waals surface area (Å²) in [5, 5.41) is 41.3. The van der Waals surface area contributed by atoms with E-state index in [2.05, 4.69) is 36.6 Å². The van der Waals surface area contributed by atoms with Crippen molar-refractivity contribution in [1.82, 2.24) is 36.6 Å². The second kappa shape index (κ2) is 15.1. The number of imidazole rings is 1. The van der Waals surface area contributed by atoms with Crippen molar-refractivity contribution >= 4 is 29.6 Å². The Morgan fingerprint density at radius 1 is 1.00 bits per heavy atom. The zero-order chi connectivity index (χ0) is 29.1. The molecule has 1 aromatic rings. The predicted octanol–water partition coefficient (Wildman–Crippen LogP) is -2.85. The SMILES string of the molecule is CC(C)C[C@H](NC(=O)[C@@H]1CCCN1)C(=O)N[C@@H](Cc1cnc[nH]1)C(=O)N[C@@H](CO)C(=O)N[C@H](C(=O)O)[C@@H](C)O. The van der Waals surface area contributed by atoms with Crippen molar-refractivity contribution in [2.45, 2.75) is 82.8 Å². The normalized spacial score (nSPS) is 18.9. The van der Waals surface area contributed by atoms with Crippen LogP contribution in [0.25, 0.3) is 0 Å². The van der Waals surface area contributed by atoms with Crippen LogP contribution in [0.5, 0.6) is 0 Å². The lowest BCUT2D eigenvalue weighted by Crippen LogP contribution is -2.60. The maximum absolute atomic E-state index is 13.3. The molecule has 15 nitrogen and oxygen atoms in total. The molecule has 1 aromatic heterocycles. The number of aliphatic hydroxyl groups excluding tert-OH is 2. The smallest absolute Gasteiger partial charge is 0.328 e. The number of H-pyrrole nitrogens is 1. The number of hydrogen-bond donors (Lipinski definition) is 9. The molecule has 0 aromatic carbocycles. The van der Waals surface area contributed by atoms with Crippen LogP contribution in [0.15, 0.2) is 12.5 Å². The van der Waals surface area contributed by atoms with Crippen LogP contribution in [-0.4, -0.2) is 104 Å². The van der Waals surface area contributed by atoms with Crippen LogP contribution in [0.4, 0.5) is 0 Å². The molecular weight excluding hydrogens is 514 g/mol. The number of nitrogens with zero attached hydrogens (tertiary/aromatic N) is 1. The molecule has 6 atom stereocenters. The molecule has 15 heteroatoms. The van der Waals surface area contributed by atoms with Crippen molar-refractivity contribution < 1.29 is 39.3 Å². The van der Waals surface area contributed by atoms with Crippen LogP contribution < -0.4 is 26.6 Å². The van der Waals surface area contributed by atoms with Gasteiger partial charge < -0.3 is 46.9 Å². The number of carbonyl (C=O) groups excluding carboxylic acids is 4. The van der Waals surface area contributed by atoms with E-state index in [-0.39, 0.29) is 18.2 Å². The molecule has 1 aliphatic heterocycles. The molecule has 0 radical (unpaired) electrons. The standard InChI is InChI=1S/C24H39N7O8/c1-12(2)7-16(28-20(34)15-5-4-6-26-15)21(35)29-17(8-14-9-25-11-27-14)22(36)30-18(10-32)23(37)31-19(13(3)33)24(38)39/h9,11-13,15-19,26,32-33H,4-8,10H2,1-3H3,(H,25,27)(H,28,34)(H,29,35)(H,30,36)(H,31,37)(H,38,39)/t13-,15+,16+,17+,18+,19+/m1/s1. The molecule has 0 spiro atoms. The second-order valence-corrected chi connectivity index (χ2v) is 9.99. The van der Waals surface area contributed by atoms with E-state index in [1.165, 1.54) is 12.5 Å². The lowest BCUT2D eigenvalue weighted by atomic mass is 10.0. The Bertz CT molecular complexity index is 979. The highest BCUT2D eigenvalue weighted by atomic mass is 16.4. The molecule has 9 N–H and O–H groups in total. The molecule has 218 valence electrons. The van der Waals surface area contributed by atoms with Gasteiger partial charge in [-0.25, -0.2) is 9.78 Å². The van der Waals surface area contributed by atoms with Crippen molar-refractivity contribution in [3.05, 3.63) is 18.2 Å². The highest BCUT2D eigenvalue weighted by Crippen LogP contribution is 2.10. The first-order valence-electron chi connectivity index (χ1n) is 12.9. The molecular formula is C24H39N7O8. The van der Waals surface area contributed by atoms with Gasteiger partial charge in [0.05, 0.1) is 25.1 Å². The average molecular weight is 554 g/mol. The Kier molecular flexibility index (Phi) is 12.3. The fraction of sp³-hybridized carbons (Fsp3) is 0.667. The summed E-state index contributed by atoms with van der Waals surface area (Å²) >= 11 is 0. The largest absolute Gasteiger partial charge is 0.480 e. The summed E-state index contributed by atoms with van der Waals surface area (Å²) in [4.78, 5) is 69.7. The number of amides is 4. The zero-order valence-electron chi connectivity index (χ0n) is 22.3. The van der Waals surface area contributed by atoms with Gasteiger partial charge in [-0.3, -0.25) is 19.2 Å². The summed E-state index contributed by atoms with van der Waals surface area (Å²) in [6.45, 7) is 4.76. The lowest BCUT2D eigenvalue weighted by Gasteiger charge is -2.26. The van der Waals surface area contributed by atoms with Gasteiger partial charge in [0.15, 0.2) is 6.04 Å². The summed E-state index contributed by atoms with van der Waals surface area (Å²) < 4.78 is 0. The molecule has 1 saturated heterocycles. The fourth-order valence-corrected chi connectivity index (χ4v) is 4.09. The number of carboxylic acids is 1. The highest BCUT2D eigenvalue weighted by Gasteiger charge is 2.33. The van der Waals surface area contributed by atoms with Gasteiger partial charge in [-0.1, -0.05) is 13.8 Å². The first-order valence-corrected chi connectivity index (χ1v) is 12.9. The van der Waals surface area contributed by atoms with Crippen molar-refractivity contribution in [3.8, 4) is 0 Å². The Morgan fingerprint density at radius 3 is 2.15 bits per heavy atom. The number of aliphatic carboxylic acids is 1. The number of rotatable bonds is 15. The van der Waals surface area contributed by atoms with E-state index < -0.39 is 66.6 Å². The quantitative estimate of drug-likeness (QED) is 0.108. The van der Waals surface area contributed by atoms with Crippen LogP contribution in [0, 0.1) is 5.92 Å². The minimum atomic E-state index is -1.67. The number of aromatic amines is 1. The van der Waals surface area contributed by atoms with Crippen LogP contribution in [0.1, 0.15) is 45.7 Å². The van der Waals surface area contributed by atoms with Crippen LogP contribution >= 0.6 is 0 Å². The Balaban J connectivity index is 2.17. The molecule has 39 heavy (non-hydrogen) atoms. The van der Waals surface area contributed by atoms with E-state index in [9.17, 15) is 39.3 Å². The number of hydrogen-bond acceptors (Lipinski definition) is 9. The molecule has 0 saturated carbocycles. The van der Waals surface area contributed by atoms with Crippen molar-refractivity contribution in [2.24, 2.45) is 5.92 Å². The third kappa shape index (κ3) is 9.92. The molecule has 4 amide bonds. The topological polar surface area (TPSA) is 235 Å². The predicted molar refractivity (Wildman–Crippen MR) is 137 cm³/mol. The van der Waals surface area contributed by atoms with Gasteiger partial charge in [0.2, 0.25) is 23.6 Å². The van der Waals surface area contributed by atoms with E-state index in [4.69, 9.17) is 0 Å². The zero-order valence-corrected chi connectivity index (χ0v) is 22.3. The molecule has 1 aliphatic rings. The molecule has 2 rings (SSSR count). The Morgan fingerprint density at radius 2 is 1.64 bits per heavy atom. The average Bonchev–Trinajstić information content (AvgIpc) is 3.58. The maximum atomic E-state index is 13.3. The summed E-state index contributed by atoms with van der Waals surface area (Å²) in [6, 6.07) is -5.83. The second-order valence-electron chi connectivity index (χ2n) is 9.99. The first-order chi connectivity index (χ1) is 18.4. The lowest BCUT2D eigenvalue weighted by molar-refractivity contribution is -0.145. The van der Waals surface area contributed by atoms with Crippen LogP contribution in [-0.2, 0) is 30.4 Å². The summed E-state index contributed by atoms with van der Waals surface area (Å²) in [7, 11) is 0. The van der Waals surface area contributed by atoms with Gasteiger partial charge in [-0.15, -0.1) is 0 Å². The highest BCUT2D eigenvalue weighted by molar-refractivity contribution is 5.95. The summed E-state index contributed by atoms with van der Waals surface area (Å²) in [6.07, 6.45) is 3.12. The van der Waals surface area contributed by atoms with Crippen LogP contribution in [0.2, 0.25) is 0 Å². The third-order valence-corrected chi connectivity index (χ3v) is 6.19. The van der Waals surface area contributed by atoms with Gasteiger partial charge >= 0.3 is 5.97 Å². The Labute approximate surface area is 225 Å². The van der Waals surface area contributed by atoms with E-state index >= 15 is 0 Å². The minimum absolute atomic E-state index is 0.0380. The van der Waals surface area contributed by atoms with Gasteiger partial charge in [0.25, 0.3) is 0 Å². The fourth-order valence-electron chi connectivity index (χ4n) is 4.09. The van der Waals surface area contributed by atoms with Crippen molar-refractivity contribution in [2.75, 3.05) is 13.2 Å². The molecule has 0 bridgehead atoms. The summed E-state index contributed by atoms with van der Waals surface area (Å²) in [5.74, 6) is -4.28. The number of aromatic nitrogens is 2. The first kappa shape index (κ1) is 31.7. The monoisotopic (exact) mass is 553 g/mol. The Hall–Kier alpha value is -3.56. The van der Waals surface area contributed by atoms with Crippen LogP contribution in [0.3, 0.4) is 0 Å². The van der Waals surface area contributed by atoms with E-state index in [1.807, 2.05) is 13.8 Å². The molecule has 2 heterocycles. The number of aliphatic hydroxyl groups is 2. The number of carbonyl (C=O) groups is 5. The van der Waals surface area contributed by atoms with Gasteiger partial charge in [0, 0.05) is 18.3 Å². The van der Waals surface area contributed by atoms with E-state index in [1.54, 1.807) is 0 Å². The van der Waals surface area contributed by atoms with E-state index in [0.29, 0.717) is 25.1 Å². The van der Waals surface area contributed by atoms with Crippen molar-refractivity contribution in [3.63, 3.8) is 0 Å². The third-order valence-electron chi connectivity index (χ3n) is 6.19. The van der Waals surface area contributed by atoms with Gasteiger partial charge in [-0.2, -0.15) is 0 Å². The van der Waals surface area contributed by atoms with Gasteiger partial charge in [-0.05, 0) is 38.6 Å².